The maximum atomic E-state index is 13.7. The standard InChI is InChI=1S/C27H42N8O10/c1-14(36)31-15(6-9-20(28)37)23(40)32-16(7-10-21(29)38)24(41)33-17(8-11-22(30)39)25(42)34-12-2-4-18(34)26(43)35-13-3-5-19(35)27(44)45/h15-19H,2-13H2,1H3,(H2,28,37)(H2,29,38)(H2,30,39)(H,31,36)(H,32,40)(H,33,41)(H,44,45). The molecule has 2 aliphatic heterocycles. The lowest BCUT2D eigenvalue weighted by atomic mass is 10.0. The number of carboxylic acids is 1. The summed E-state index contributed by atoms with van der Waals surface area (Å²) >= 11 is 0. The number of hydrogen-bond acceptors (Lipinski definition) is 9. The third-order valence-corrected chi connectivity index (χ3v) is 7.62. The molecule has 18 heteroatoms. The quantitative estimate of drug-likeness (QED) is 0.0818. The van der Waals surface area contributed by atoms with Crippen LogP contribution in [0.2, 0.25) is 0 Å². The minimum absolute atomic E-state index is 0.129. The lowest BCUT2D eigenvalue weighted by Gasteiger charge is -2.32. The highest BCUT2D eigenvalue weighted by atomic mass is 16.4. The largest absolute Gasteiger partial charge is 0.480 e. The number of primary amides is 3. The Morgan fingerprint density at radius 3 is 1.56 bits per heavy atom. The summed E-state index contributed by atoms with van der Waals surface area (Å²) in [4.78, 5) is 114. The molecular weight excluding hydrogens is 596 g/mol. The van der Waals surface area contributed by atoms with Crippen molar-refractivity contribution in [2.45, 2.75) is 101 Å². The van der Waals surface area contributed by atoms with Gasteiger partial charge in [-0.1, -0.05) is 0 Å². The predicted molar refractivity (Wildman–Crippen MR) is 154 cm³/mol. The SMILES string of the molecule is CC(=O)NC(CCC(N)=O)C(=O)NC(CCC(N)=O)C(=O)NC(CCC(N)=O)C(=O)N1CCCC1C(=O)N1CCCC1C(=O)O. The summed E-state index contributed by atoms with van der Waals surface area (Å²) in [6.07, 6.45) is -0.234. The number of nitrogens with one attached hydrogen (secondary N) is 3. The Bertz CT molecular complexity index is 1190. The summed E-state index contributed by atoms with van der Waals surface area (Å²) in [7, 11) is 0. The van der Waals surface area contributed by atoms with E-state index in [0.29, 0.717) is 12.8 Å². The first kappa shape index (κ1) is 36.4. The van der Waals surface area contributed by atoms with Crippen molar-refractivity contribution in [3.63, 3.8) is 0 Å². The summed E-state index contributed by atoms with van der Waals surface area (Å²) in [6, 6.07) is -6.10. The molecular formula is C27H42N8O10. The first-order chi connectivity index (χ1) is 21.1. The second-order valence-electron chi connectivity index (χ2n) is 11.1. The third kappa shape index (κ3) is 11.0. The second kappa shape index (κ2) is 16.9. The highest BCUT2D eigenvalue weighted by Gasteiger charge is 2.44. The number of carbonyl (C=O) groups is 9. The topological polar surface area (TPSA) is 294 Å². The smallest absolute Gasteiger partial charge is 0.326 e. The van der Waals surface area contributed by atoms with Gasteiger partial charge in [-0.05, 0) is 44.9 Å². The van der Waals surface area contributed by atoms with Gasteiger partial charge in [-0.3, -0.25) is 38.4 Å². The number of carboxylic acid groups (broad SMARTS) is 1. The normalized spacial score (nSPS) is 19.6. The van der Waals surface area contributed by atoms with E-state index in [1.54, 1.807) is 0 Å². The summed E-state index contributed by atoms with van der Waals surface area (Å²) in [5, 5.41) is 16.8. The summed E-state index contributed by atoms with van der Waals surface area (Å²) in [5.74, 6) is -7.12. The van der Waals surface area contributed by atoms with E-state index in [4.69, 9.17) is 17.2 Å². The molecule has 2 aliphatic rings. The molecule has 0 aliphatic carbocycles. The molecule has 18 nitrogen and oxygen atoms in total. The van der Waals surface area contributed by atoms with Gasteiger partial charge in [0.2, 0.25) is 47.3 Å². The molecule has 2 saturated heterocycles. The van der Waals surface area contributed by atoms with Gasteiger partial charge in [0.25, 0.3) is 0 Å². The van der Waals surface area contributed by atoms with Crippen LogP contribution in [0, 0.1) is 0 Å². The molecule has 0 aromatic rings. The molecule has 0 spiro atoms. The Hall–Kier alpha value is -4.77. The first-order valence-corrected chi connectivity index (χ1v) is 14.7. The number of amides is 8. The number of hydrogen-bond donors (Lipinski definition) is 7. The van der Waals surface area contributed by atoms with Gasteiger partial charge in [-0.25, -0.2) is 4.79 Å². The Balaban J connectivity index is 2.28. The Labute approximate surface area is 259 Å². The van der Waals surface area contributed by atoms with Crippen LogP contribution in [-0.4, -0.2) is 111 Å². The van der Waals surface area contributed by atoms with E-state index < -0.39 is 83.4 Å². The molecule has 45 heavy (non-hydrogen) atoms. The van der Waals surface area contributed by atoms with Crippen molar-refractivity contribution in [1.29, 1.82) is 0 Å². The predicted octanol–water partition coefficient (Wildman–Crippen LogP) is -3.68. The van der Waals surface area contributed by atoms with Gasteiger partial charge < -0.3 is 48.1 Å². The highest BCUT2D eigenvalue weighted by Crippen LogP contribution is 2.26. The Morgan fingerprint density at radius 2 is 1.09 bits per heavy atom. The van der Waals surface area contributed by atoms with Crippen LogP contribution in [-0.2, 0) is 43.2 Å². The van der Waals surface area contributed by atoms with Crippen LogP contribution in [0.15, 0.2) is 0 Å². The molecule has 2 rings (SSSR count). The summed E-state index contributed by atoms with van der Waals surface area (Å²) < 4.78 is 0. The van der Waals surface area contributed by atoms with Crippen molar-refractivity contribution in [3.05, 3.63) is 0 Å². The molecule has 5 unspecified atom stereocenters. The average Bonchev–Trinajstić information content (AvgIpc) is 3.64. The van der Waals surface area contributed by atoms with E-state index in [9.17, 15) is 48.3 Å². The van der Waals surface area contributed by atoms with Gasteiger partial charge in [0.1, 0.15) is 30.2 Å². The van der Waals surface area contributed by atoms with Gasteiger partial charge in [0.05, 0.1) is 0 Å². The van der Waals surface area contributed by atoms with Crippen LogP contribution < -0.4 is 33.2 Å². The van der Waals surface area contributed by atoms with E-state index in [1.807, 2.05) is 0 Å². The van der Waals surface area contributed by atoms with Crippen LogP contribution in [0.4, 0.5) is 0 Å². The van der Waals surface area contributed by atoms with E-state index in [2.05, 4.69) is 16.0 Å². The van der Waals surface area contributed by atoms with Crippen molar-refractivity contribution < 1.29 is 48.3 Å². The van der Waals surface area contributed by atoms with Crippen LogP contribution >= 0.6 is 0 Å². The lowest BCUT2D eigenvalue weighted by Crippen LogP contribution is -2.58. The molecule has 2 fully saturated rings. The Kier molecular flexibility index (Phi) is 13.7. The maximum absolute atomic E-state index is 13.7. The number of rotatable bonds is 17. The minimum atomic E-state index is -1.45. The molecule has 0 radical (unpaired) electrons. The number of likely N-dealkylation sites (tertiary alicyclic amines) is 2. The monoisotopic (exact) mass is 638 g/mol. The van der Waals surface area contributed by atoms with Crippen molar-refractivity contribution >= 4 is 53.2 Å². The van der Waals surface area contributed by atoms with Gasteiger partial charge in [-0.15, -0.1) is 0 Å². The zero-order valence-corrected chi connectivity index (χ0v) is 25.1. The fraction of sp³-hybridized carbons (Fsp3) is 0.667. The number of aliphatic carboxylic acids is 1. The average molecular weight is 639 g/mol. The molecule has 0 aromatic carbocycles. The van der Waals surface area contributed by atoms with E-state index in [0.717, 1.165) is 6.92 Å². The summed E-state index contributed by atoms with van der Waals surface area (Å²) in [6.45, 7) is 1.48. The zero-order valence-electron chi connectivity index (χ0n) is 25.1. The van der Waals surface area contributed by atoms with Gasteiger partial charge in [0, 0.05) is 39.3 Å². The van der Waals surface area contributed by atoms with Gasteiger partial charge >= 0.3 is 5.97 Å². The molecule has 10 N–H and O–H groups in total. The van der Waals surface area contributed by atoms with E-state index in [1.165, 1.54) is 9.80 Å². The molecule has 8 amide bonds. The van der Waals surface area contributed by atoms with Crippen LogP contribution in [0.5, 0.6) is 0 Å². The summed E-state index contributed by atoms with van der Waals surface area (Å²) in [5.41, 5.74) is 15.7. The fourth-order valence-electron chi connectivity index (χ4n) is 5.41. The Morgan fingerprint density at radius 1 is 0.667 bits per heavy atom. The van der Waals surface area contributed by atoms with Crippen molar-refractivity contribution in [1.82, 2.24) is 25.8 Å². The lowest BCUT2D eigenvalue weighted by molar-refractivity contribution is -0.152. The van der Waals surface area contributed by atoms with Crippen LogP contribution in [0.3, 0.4) is 0 Å². The molecule has 2 heterocycles. The molecule has 5 atom stereocenters. The zero-order chi connectivity index (χ0) is 33.8. The van der Waals surface area contributed by atoms with Crippen LogP contribution in [0.25, 0.3) is 0 Å². The first-order valence-electron chi connectivity index (χ1n) is 14.7. The molecule has 0 bridgehead atoms. The maximum Gasteiger partial charge on any atom is 0.326 e. The fourth-order valence-corrected chi connectivity index (χ4v) is 5.41. The van der Waals surface area contributed by atoms with E-state index in [-0.39, 0.29) is 64.5 Å². The number of carbonyl (C=O) groups excluding carboxylic acids is 8. The van der Waals surface area contributed by atoms with Crippen LogP contribution in [0.1, 0.15) is 71.1 Å². The minimum Gasteiger partial charge on any atom is -0.480 e. The van der Waals surface area contributed by atoms with Gasteiger partial charge in [0.15, 0.2) is 0 Å². The molecule has 0 saturated carbocycles. The van der Waals surface area contributed by atoms with Crippen molar-refractivity contribution in [2.75, 3.05) is 13.1 Å². The number of nitrogens with two attached hydrogens (primary N) is 3. The molecule has 0 aromatic heterocycles. The molecule has 250 valence electrons. The van der Waals surface area contributed by atoms with Crippen molar-refractivity contribution in [2.24, 2.45) is 17.2 Å². The van der Waals surface area contributed by atoms with E-state index >= 15 is 0 Å². The highest BCUT2D eigenvalue weighted by molar-refractivity contribution is 5.97. The van der Waals surface area contributed by atoms with Crippen molar-refractivity contribution in [3.8, 4) is 0 Å². The second-order valence-corrected chi connectivity index (χ2v) is 11.1. The van der Waals surface area contributed by atoms with Gasteiger partial charge in [-0.2, -0.15) is 0 Å². The third-order valence-electron chi connectivity index (χ3n) is 7.62. The number of nitrogens with zero attached hydrogens (tertiary/aromatic N) is 2.